The predicted molar refractivity (Wildman–Crippen MR) is 115 cm³/mol. The maximum Gasteiger partial charge on any atom is 0.251 e. The standard InChI is InChI=1S/C23H30N4O2/c1-16(2)21(26-22(28)19-8-6-17(3)7-9-19)23(29)25-15-18-10-11-24-20(14-18)27-12-4-5-13-27/h6-11,14,16,21H,4-5,12-13,15H2,1-3H3,(H,25,29)(H,26,28). The lowest BCUT2D eigenvalue weighted by atomic mass is 10.0. The first-order valence-corrected chi connectivity index (χ1v) is 10.3. The van der Waals surface area contributed by atoms with Crippen LogP contribution < -0.4 is 15.5 Å². The van der Waals surface area contributed by atoms with Crippen LogP contribution in [0.4, 0.5) is 5.82 Å². The zero-order valence-corrected chi connectivity index (χ0v) is 17.4. The lowest BCUT2D eigenvalue weighted by Gasteiger charge is -2.22. The third-order valence-corrected chi connectivity index (χ3v) is 5.26. The number of hydrogen-bond acceptors (Lipinski definition) is 4. The van der Waals surface area contributed by atoms with Crippen LogP contribution in [-0.2, 0) is 11.3 Å². The monoisotopic (exact) mass is 394 g/mol. The molecule has 0 aliphatic carbocycles. The van der Waals surface area contributed by atoms with Gasteiger partial charge in [-0.05, 0) is 55.5 Å². The highest BCUT2D eigenvalue weighted by Gasteiger charge is 2.24. The second-order valence-electron chi connectivity index (χ2n) is 8.00. The number of nitrogens with zero attached hydrogens (tertiary/aromatic N) is 2. The molecule has 0 bridgehead atoms. The molecular formula is C23H30N4O2. The van der Waals surface area contributed by atoms with Crippen molar-refractivity contribution in [2.24, 2.45) is 5.92 Å². The third-order valence-electron chi connectivity index (χ3n) is 5.26. The highest BCUT2D eigenvalue weighted by atomic mass is 16.2. The van der Waals surface area contributed by atoms with E-state index in [1.807, 2.05) is 45.0 Å². The molecule has 2 amide bonds. The van der Waals surface area contributed by atoms with Gasteiger partial charge in [-0.3, -0.25) is 9.59 Å². The van der Waals surface area contributed by atoms with Gasteiger partial charge in [0.1, 0.15) is 11.9 Å². The lowest BCUT2D eigenvalue weighted by Crippen LogP contribution is -2.49. The number of aryl methyl sites for hydroxylation is 1. The van der Waals surface area contributed by atoms with Crippen LogP contribution in [0.15, 0.2) is 42.6 Å². The van der Waals surface area contributed by atoms with E-state index in [2.05, 4.69) is 20.5 Å². The van der Waals surface area contributed by atoms with Crippen molar-refractivity contribution in [1.82, 2.24) is 15.6 Å². The van der Waals surface area contributed by atoms with E-state index in [9.17, 15) is 9.59 Å². The minimum Gasteiger partial charge on any atom is -0.357 e. The van der Waals surface area contributed by atoms with Crippen LogP contribution in [-0.4, -0.2) is 35.9 Å². The molecule has 0 radical (unpaired) electrons. The summed E-state index contributed by atoms with van der Waals surface area (Å²) in [5.41, 5.74) is 2.64. The number of aromatic nitrogens is 1. The van der Waals surface area contributed by atoms with E-state index in [-0.39, 0.29) is 17.7 Å². The first kappa shape index (κ1) is 20.8. The molecule has 6 heteroatoms. The van der Waals surface area contributed by atoms with Gasteiger partial charge in [0, 0.05) is 31.4 Å². The van der Waals surface area contributed by atoms with E-state index < -0.39 is 6.04 Å². The smallest absolute Gasteiger partial charge is 0.251 e. The van der Waals surface area contributed by atoms with Gasteiger partial charge in [0.05, 0.1) is 0 Å². The van der Waals surface area contributed by atoms with Gasteiger partial charge in [-0.15, -0.1) is 0 Å². The Morgan fingerprint density at radius 3 is 2.45 bits per heavy atom. The van der Waals surface area contributed by atoms with Crippen molar-refractivity contribution in [3.63, 3.8) is 0 Å². The Morgan fingerprint density at radius 1 is 1.10 bits per heavy atom. The number of hydrogen-bond donors (Lipinski definition) is 2. The molecule has 154 valence electrons. The Kier molecular flexibility index (Phi) is 6.86. The van der Waals surface area contributed by atoms with Crippen molar-refractivity contribution >= 4 is 17.6 Å². The molecular weight excluding hydrogens is 364 g/mol. The van der Waals surface area contributed by atoms with Crippen molar-refractivity contribution in [2.45, 2.75) is 46.2 Å². The summed E-state index contributed by atoms with van der Waals surface area (Å²) in [6.07, 6.45) is 4.17. The first-order valence-electron chi connectivity index (χ1n) is 10.3. The van der Waals surface area contributed by atoms with E-state index in [1.54, 1.807) is 18.3 Å². The van der Waals surface area contributed by atoms with Crippen molar-refractivity contribution in [3.8, 4) is 0 Å². The Labute approximate surface area is 172 Å². The Hall–Kier alpha value is -2.89. The second kappa shape index (κ2) is 9.54. The molecule has 29 heavy (non-hydrogen) atoms. The van der Waals surface area contributed by atoms with Gasteiger partial charge in [0.25, 0.3) is 5.91 Å². The van der Waals surface area contributed by atoms with Gasteiger partial charge in [0.15, 0.2) is 0 Å². The number of nitrogens with one attached hydrogen (secondary N) is 2. The summed E-state index contributed by atoms with van der Waals surface area (Å²) in [5, 5.41) is 5.84. The number of anilines is 1. The fourth-order valence-corrected chi connectivity index (χ4v) is 3.45. The number of rotatable bonds is 7. The van der Waals surface area contributed by atoms with E-state index in [0.717, 1.165) is 30.0 Å². The summed E-state index contributed by atoms with van der Waals surface area (Å²) in [6.45, 7) is 8.30. The van der Waals surface area contributed by atoms with Crippen molar-refractivity contribution in [1.29, 1.82) is 0 Å². The van der Waals surface area contributed by atoms with E-state index in [1.165, 1.54) is 12.8 Å². The maximum absolute atomic E-state index is 12.8. The molecule has 3 rings (SSSR count). The summed E-state index contributed by atoms with van der Waals surface area (Å²) >= 11 is 0. The average molecular weight is 395 g/mol. The molecule has 1 fully saturated rings. The fraction of sp³-hybridized carbons (Fsp3) is 0.435. The van der Waals surface area contributed by atoms with E-state index in [0.29, 0.717) is 12.1 Å². The van der Waals surface area contributed by atoms with Gasteiger partial charge in [-0.2, -0.15) is 0 Å². The van der Waals surface area contributed by atoms with Crippen LogP contribution in [0.3, 0.4) is 0 Å². The number of amides is 2. The van der Waals surface area contributed by atoms with Gasteiger partial charge < -0.3 is 15.5 Å². The number of pyridine rings is 1. The van der Waals surface area contributed by atoms with Crippen molar-refractivity contribution in [3.05, 3.63) is 59.3 Å². The molecule has 1 aromatic heterocycles. The van der Waals surface area contributed by atoms with E-state index in [4.69, 9.17) is 0 Å². The van der Waals surface area contributed by atoms with Gasteiger partial charge in [-0.25, -0.2) is 4.98 Å². The minimum atomic E-state index is -0.594. The predicted octanol–water partition coefficient (Wildman–Crippen LogP) is 3.06. The number of carbonyl (C=O) groups excluding carboxylic acids is 2. The van der Waals surface area contributed by atoms with Crippen molar-refractivity contribution in [2.75, 3.05) is 18.0 Å². The number of carbonyl (C=O) groups is 2. The van der Waals surface area contributed by atoms with Crippen LogP contribution in [0.2, 0.25) is 0 Å². The molecule has 1 aromatic carbocycles. The van der Waals surface area contributed by atoms with Crippen molar-refractivity contribution < 1.29 is 9.59 Å². The largest absolute Gasteiger partial charge is 0.357 e. The Balaban J connectivity index is 1.60. The molecule has 0 spiro atoms. The Morgan fingerprint density at radius 2 is 1.79 bits per heavy atom. The summed E-state index contributed by atoms with van der Waals surface area (Å²) in [5.74, 6) is 0.517. The molecule has 1 atom stereocenters. The first-order chi connectivity index (χ1) is 13.9. The fourth-order valence-electron chi connectivity index (χ4n) is 3.45. The van der Waals surface area contributed by atoms with Crippen LogP contribution in [0.25, 0.3) is 0 Å². The zero-order valence-electron chi connectivity index (χ0n) is 17.4. The highest BCUT2D eigenvalue weighted by Crippen LogP contribution is 2.18. The average Bonchev–Trinajstić information content (AvgIpc) is 3.25. The molecule has 1 unspecified atom stereocenters. The maximum atomic E-state index is 12.8. The molecule has 0 saturated carbocycles. The van der Waals surface area contributed by atoms with Gasteiger partial charge in [-0.1, -0.05) is 31.5 Å². The molecule has 2 aromatic rings. The SMILES string of the molecule is Cc1ccc(C(=O)NC(C(=O)NCc2ccnc(N3CCCC3)c2)C(C)C)cc1. The summed E-state index contributed by atoms with van der Waals surface area (Å²) < 4.78 is 0. The van der Waals surface area contributed by atoms with Crippen LogP contribution in [0, 0.1) is 12.8 Å². The molecule has 1 aliphatic rings. The molecule has 1 aliphatic heterocycles. The highest BCUT2D eigenvalue weighted by molar-refractivity contribution is 5.97. The molecule has 6 nitrogen and oxygen atoms in total. The van der Waals surface area contributed by atoms with Gasteiger partial charge in [0.2, 0.25) is 5.91 Å². The topological polar surface area (TPSA) is 74.3 Å². The molecule has 2 N–H and O–H groups in total. The van der Waals surface area contributed by atoms with Crippen LogP contribution in [0.1, 0.15) is 48.2 Å². The van der Waals surface area contributed by atoms with E-state index >= 15 is 0 Å². The second-order valence-corrected chi connectivity index (χ2v) is 8.00. The Bertz CT molecular complexity index is 842. The molecule has 1 saturated heterocycles. The summed E-state index contributed by atoms with van der Waals surface area (Å²) in [6, 6.07) is 10.7. The molecule has 2 heterocycles. The minimum absolute atomic E-state index is 0.0259. The van der Waals surface area contributed by atoms with Crippen LogP contribution in [0.5, 0.6) is 0 Å². The normalized spacial score (nSPS) is 14.7. The third kappa shape index (κ3) is 5.56. The summed E-state index contributed by atoms with van der Waals surface area (Å²) in [7, 11) is 0. The number of benzene rings is 1. The summed E-state index contributed by atoms with van der Waals surface area (Å²) in [4.78, 5) is 32.0. The van der Waals surface area contributed by atoms with Gasteiger partial charge >= 0.3 is 0 Å². The zero-order chi connectivity index (χ0) is 20.8. The lowest BCUT2D eigenvalue weighted by molar-refractivity contribution is -0.124. The van der Waals surface area contributed by atoms with Crippen LogP contribution >= 0.6 is 0 Å². The quantitative estimate of drug-likeness (QED) is 0.757.